The van der Waals surface area contributed by atoms with E-state index in [0.717, 1.165) is 60.7 Å². The number of aromatic nitrogens is 4. The molecule has 1 N–H and O–H groups in total. The molecule has 0 atom stereocenters. The molecule has 28 heavy (non-hydrogen) atoms. The van der Waals surface area contributed by atoms with Gasteiger partial charge in [-0.1, -0.05) is 26.2 Å². The summed E-state index contributed by atoms with van der Waals surface area (Å²) in [4.78, 5) is 26.3. The summed E-state index contributed by atoms with van der Waals surface area (Å²) in [6.45, 7) is 7.04. The Balaban J connectivity index is 1.47. The number of carbonyl (C=O) groups is 1. The minimum Gasteiger partial charge on any atom is -0.351 e. The van der Waals surface area contributed by atoms with E-state index >= 15 is 0 Å². The van der Waals surface area contributed by atoms with Crippen LogP contribution in [0.2, 0.25) is 0 Å². The molecule has 0 radical (unpaired) electrons. The number of hydrogen-bond acceptors (Lipinski definition) is 5. The van der Waals surface area contributed by atoms with Crippen molar-refractivity contribution in [3.05, 3.63) is 11.5 Å². The summed E-state index contributed by atoms with van der Waals surface area (Å²) in [6, 6.07) is 0.440. The van der Waals surface area contributed by atoms with Gasteiger partial charge in [-0.3, -0.25) is 4.68 Å². The maximum absolute atomic E-state index is 12.6. The van der Waals surface area contributed by atoms with Crippen LogP contribution in [0.1, 0.15) is 50.5 Å². The minimum atomic E-state index is 0.0880. The number of anilines is 1. The third-order valence-electron chi connectivity index (χ3n) is 5.99. The zero-order valence-corrected chi connectivity index (χ0v) is 17.2. The smallest absolute Gasteiger partial charge is 0.317 e. The lowest BCUT2D eigenvalue weighted by Gasteiger charge is -2.36. The maximum Gasteiger partial charge on any atom is 0.317 e. The molecular weight excluding hydrogens is 354 g/mol. The number of fused-ring (bicyclic) bond motifs is 1. The number of carbonyl (C=O) groups excluding carboxylic acids is 1. The molecule has 4 rings (SSSR count). The monoisotopic (exact) mass is 385 g/mol. The highest BCUT2D eigenvalue weighted by atomic mass is 16.2. The Morgan fingerprint density at radius 2 is 1.82 bits per heavy atom. The van der Waals surface area contributed by atoms with Gasteiger partial charge in [0.1, 0.15) is 16.9 Å². The molecule has 2 aliphatic rings. The Morgan fingerprint density at radius 1 is 1.11 bits per heavy atom. The highest BCUT2D eigenvalue weighted by Gasteiger charge is 2.27. The van der Waals surface area contributed by atoms with Gasteiger partial charge in [0.2, 0.25) is 0 Å². The topological polar surface area (TPSA) is 79.2 Å². The fourth-order valence-corrected chi connectivity index (χ4v) is 4.37. The summed E-state index contributed by atoms with van der Waals surface area (Å²) in [5, 5.41) is 7.77. The lowest BCUT2D eigenvalue weighted by atomic mass is 9.96. The van der Waals surface area contributed by atoms with Gasteiger partial charge >= 0.3 is 6.03 Å². The van der Waals surface area contributed by atoms with E-state index in [0.29, 0.717) is 19.1 Å². The average molecular weight is 386 g/mol. The quantitative estimate of drug-likeness (QED) is 0.878. The zero-order chi connectivity index (χ0) is 19.7. The number of hydrogen-bond donors (Lipinski definition) is 1. The van der Waals surface area contributed by atoms with Gasteiger partial charge in [0, 0.05) is 45.7 Å². The molecule has 8 nitrogen and oxygen atoms in total. The van der Waals surface area contributed by atoms with Gasteiger partial charge < -0.3 is 15.1 Å². The first-order valence-electron chi connectivity index (χ1n) is 10.6. The van der Waals surface area contributed by atoms with Gasteiger partial charge in [0.05, 0.1) is 5.69 Å². The van der Waals surface area contributed by atoms with Crippen molar-refractivity contribution < 1.29 is 4.79 Å². The molecule has 1 saturated carbocycles. The second-order valence-electron chi connectivity index (χ2n) is 7.98. The number of rotatable bonds is 3. The van der Waals surface area contributed by atoms with Crippen LogP contribution < -0.4 is 10.2 Å². The van der Waals surface area contributed by atoms with Gasteiger partial charge in [0.15, 0.2) is 5.82 Å². The Hall–Kier alpha value is -2.38. The zero-order valence-electron chi connectivity index (χ0n) is 17.2. The molecule has 8 heteroatoms. The van der Waals surface area contributed by atoms with Crippen molar-refractivity contribution in [3.8, 4) is 0 Å². The number of urea groups is 1. The molecule has 2 fully saturated rings. The van der Waals surface area contributed by atoms with Crippen molar-refractivity contribution in [2.75, 3.05) is 31.1 Å². The fourth-order valence-electron chi connectivity index (χ4n) is 4.37. The van der Waals surface area contributed by atoms with Crippen LogP contribution in [-0.4, -0.2) is 62.9 Å². The predicted molar refractivity (Wildman–Crippen MR) is 110 cm³/mol. The molecule has 1 aliphatic carbocycles. The summed E-state index contributed by atoms with van der Waals surface area (Å²) >= 11 is 0. The van der Waals surface area contributed by atoms with Gasteiger partial charge in [0.25, 0.3) is 0 Å². The van der Waals surface area contributed by atoms with E-state index in [2.05, 4.69) is 27.2 Å². The van der Waals surface area contributed by atoms with Crippen LogP contribution in [0.3, 0.4) is 0 Å². The van der Waals surface area contributed by atoms with E-state index in [1.54, 1.807) is 0 Å². The summed E-state index contributed by atoms with van der Waals surface area (Å²) in [5.74, 6) is 1.79. The summed E-state index contributed by atoms with van der Waals surface area (Å²) in [7, 11) is 1.95. The molecule has 0 spiro atoms. The Labute approximate surface area is 166 Å². The second-order valence-corrected chi connectivity index (χ2v) is 7.98. The van der Waals surface area contributed by atoms with E-state index in [1.807, 2.05) is 23.6 Å². The number of amides is 2. The van der Waals surface area contributed by atoms with Gasteiger partial charge in [-0.25, -0.2) is 14.8 Å². The van der Waals surface area contributed by atoms with Crippen LogP contribution in [0.15, 0.2) is 0 Å². The van der Waals surface area contributed by atoms with Crippen molar-refractivity contribution in [1.82, 2.24) is 30.0 Å². The van der Waals surface area contributed by atoms with Gasteiger partial charge in [-0.05, 0) is 19.8 Å². The van der Waals surface area contributed by atoms with Crippen LogP contribution in [0.4, 0.5) is 10.6 Å². The van der Waals surface area contributed by atoms with Crippen LogP contribution in [0.5, 0.6) is 0 Å². The van der Waals surface area contributed by atoms with Gasteiger partial charge in [-0.2, -0.15) is 5.10 Å². The highest BCUT2D eigenvalue weighted by Crippen LogP contribution is 2.27. The van der Waals surface area contributed by atoms with E-state index in [1.165, 1.54) is 19.3 Å². The second kappa shape index (κ2) is 7.93. The first kappa shape index (κ1) is 19.0. The molecule has 152 valence electrons. The van der Waals surface area contributed by atoms with E-state index in [9.17, 15) is 4.79 Å². The van der Waals surface area contributed by atoms with E-state index in [-0.39, 0.29) is 6.03 Å². The standard InChI is InChI=1S/C20H31N7O/c1-4-16-22-17-14(2)24-25(3)18(17)19(23-16)26-10-12-27(13-11-26)20(28)21-15-8-6-5-7-9-15/h15H,4-13H2,1-3H3,(H,21,28). The Kier molecular flexibility index (Phi) is 5.37. The first-order valence-corrected chi connectivity index (χ1v) is 10.6. The molecule has 1 aliphatic heterocycles. The van der Waals surface area contributed by atoms with Crippen molar-refractivity contribution in [3.63, 3.8) is 0 Å². The summed E-state index contributed by atoms with van der Waals surface area (Å²) in [6.07, 6.45) is 6.78. The molecule has 0 bridgehead atoms. The van der Waals surface area contributed by atoms with E-state index in [4.69, 9.17) is 4.98 Å². The van der Waals surface area contributed by atoms with Crippen LogP contribution in [0.25, 0.3) is 11.0 Å². The maximum atomic E-state index is 12.6. The fraction of sp³-hybridized carbons (Fsp3) is 0.700. The molecule has 0 unspecified atom stereocenters. The van der Waals surface area contributed by atoms with Crippen LogP contribution >= 0.6 is 0 Å². The third-order valence-corrected chi connectivity index (χ3v) is 5.99. The largest absolute Gasteiger partial charge is 0.351 e. The predicted octanol–water partition coefficient (Wildman–Crippen LogP) is 2.40. The molecule has 2 aromatic rings. The van der Waals surface area contributed by atoms with Crippen LogP contribution in [0, 0.1) is 6.92 Å². The molecule has 2 amide bonds. The summed E-state index contributed by atoms with van der Waals surface area (Å²) < 4.78 is 1.88. The minimum absolute atomic E-state index is 0.0880. The lowest BCUT2D eigenvalue weighted by molar-refractivity contribution is 0.186. The lowest BCUT2D eigenvalue weighted by Crippen LogP contribution is -2.54. The number of aryl methyl sites for hydroxylation is 3. The molecular formula is C20H31N7O. The molecule has 1 saturated heterocycles. The highest BCUT2D eigenvalue weighted by molar-refractivity contribution is 5.88. The number of nitrogens with zero attached hydrogens (tertiary/aromatic N) is 6. The first-order chi connectivity index (χ1) is 13.6. The van der Waals surface area contributed by atoms with Gasteiger partial charge in [-0.15, -0.1) is 0 Å². The number of piperazine rings is 1. The molecule has 3 heterocycles. The SMILES string of the molecule is CCc1nc(N2CCN(C(=O)NC3CCCCC3)CC2)c2c(n1)c(C)nn2C. The van der Waals surface area contributed by atoms with Crippen molar-refractivity contribution in [1.29, 1.82) is 0 Å². The Bertz CT molecular complexity index is 848. The van der Waals surface area contributed by atoms with E-state index < -0.39 is 0 Å². The summed E-state index contributed by atoms with van der Waals surface area (Å²) in [5.41, 5.74) is 2.85. The molecule has 2 aromatic heterocycles. The Morgan fingerprint density at radius 3 is 2.50 bits per heavy atom. The number of nitrogens with one attached hydrogen (secondary N) is 1. The van der Waals surface area contributed by atoms with Crippen LogP contribution in [-0.2, 0) is 13.5 Å². The van der Waals surface area contributed by atoms with Crippen molar-refractivity contribution in [2.45, 2.75) is 58.4 Å². The molecule has 0 aromatic carbocycles. The normalized spacial score (nSPS) is 18.7. The van der Waals surface area contributed by atoms with Crippen molar-refractivity contribution >= 4 is 22.9 Å². The third kappa shape index (κ3) is 3.64. The van der Waals surface area contributed by atoms with Crippen molar-refractivity contribution in [2.24, 2.45) is 7.05 Å². The average Bonchev–Trinajstić information content (AvgIpc) is 3.02.